The van der Waals surface area contributed by atoms with Gasteiger partial charge in [-0.25, -0.2) is 14.8 Å². The van der Waals surface area contributed by atoms with E-state index in [4.69, 9.17) is 4.74 Å². The van der Waals surface area contributed by atoms with Crippen LogP contribution in [0.1, 0.15) is 44.1 Å². The highest BCUT2D eigenvalue weighted by molar-refractivity contribution is 5.92. The number of aromatic nitrogens is 3. The fourth-order valence-corrected chi connectivity index (χ4v) is 3.79. The van der Waals surface area contributed by atoms with Crippen molar-refractivity contribution in [3.05, 3.63) is 29.4 Å². The Morgan fingerprint density at radius 2 is 2.04 bits per heavy atom. The highest BCUT2D eigenvalue weighted by Crippen LogP contribution is 2.33. The molecule has 0 atom stereocenters. The maximum atomic E-state index is 12.3. The molecule has 0 bridgehead atoms. The summed E-state index contributed by atoms with van der Waals surface area (Å²) in [5.74, 6) is 0. The molecule has 0 unspecified atom stereocenters. The Morgan fingerprint density at radius 3 is 2.74 bits per heavy atom. The molecule has 2 aromatic heterocycles. The van der Waals surface area contributed by atoms with Crippen LogP contribution in [0.5, 0.6) is 0 Å². The third kappa shape index (κ3) is 3.56. The molecule has 0 saturated heterocycles. The molecule has 0 aliphatic carbocycles. The highest BCUT2D eigenvalue weighted by atomic mass is 16.6. The average Bonchev–Trinajstić information content (AvgIpc) is 2.98. The van der Waals surface area contributed by atoms with E-state index >= 15 is 0 Å². The lowest BCUT2D eigenvalue weighted by atomic mass is 9.98. The second kappa shape index (κ2) is 6.64. The van der Waals surface area contributed by atoms with Crippen LogP contribution in [0, 0.1) is 0 Å². The third-order valence-corrected chi connectivity index (χ3v) is 5.12. The van der Waals surface area contributed by atoms with Crippen molar-refractivity contribution >= 4 is 22.7 Å². The van der Waals surface area contributed by atoms with Crippen LogP contribution in [0.3, 0.4) is 0 Å². The monoisotopic (exact) mass is 369 g/mol. The molecule has 1 N–H and O–H groups in total. The van der Waals surface area contributed by atoms with Crippen LogP contribution in [0.4, 0.5) is 4.79 Å². The number of H-pyrrole nitrogens is 1. The van der Waals surface area contributed by atoms with E-state index < -0.39 is 5.60 Å². The minimum atomic E-state index is -0.476. The van der Waals surface area contributed by atoms with E-state index in [0.29, 0.717) is 13.1 Å². The lowest BCUT2D eigenvalue weighted by Gasteiger charge is -2.29. The summed E-state index contributed by atoms with van der Waals surface area (Å²) in [5.41, 5.74) is 5.20. The molecule has 0 aromatic carbocycles. The van der Waals surface area contributed by atoms with Gasteiger partial charge in [0.1, 0.15) is 17.6 Å². The van der Waals surface area contributed by atoms with Gasteiger partial charge in [-0.1, -0.05) is 6.08 Å². The molecule has 1 amide bonds. The number of hydrogen-bond donors (Lipinski definition) is 1. The van der Waals surface area contributed by atoms with Gasteiger partial charge in [0.25, 0.3) is 0 Å². The number of hydrogen-bond acceptors (Lipinski definition) is 5. The topological polar surface area (TPSA) is 74.4 Å². The number of fused-ring (bicyclic) bond motifs is 3. The molecule has 7 heteroatoms. The van der Waals surface area contributed by atoms with E-state index in [1.807, 2.05) is 20.8 Å². The van der Waals surface area contributed by atoms with E-state index in [1.165, 1.54) is 16.8 Å². The van der Waals surface area contributed by atoms with Crippen LogP contribution >= 0.6 is 0 Å². The number of nitrogens with zero attached hydrogens (tertiary/aromatic N) is 4. The van der Waals surface area contributed by atoms with Crippen LogP contribution in [-0.4, -0.2) is 63.1 Å². The lowest BCUT2D eigenvalue weighted by Crippen LogP contribution is -2.39. The summed E-state index contributed by atoms with van der Waals surface area (Å²) in [6, 6.07) is 0. The predicted molar refractivity (Wildman–Crippen MR) is 104 cm³/mol. The largest absolute Gasteiger partial charge is 0.444 e. The van der Waals surface area contributed by atoms with Crippen LogP contribution < -0.4 is 0 Å². The minimum Gasteiger partial charge on any atom is -0.444 e. The molecule has 4 heterocycles. The summed E-state index contributed by atoms with van der Waals surface area (Å²) in [7, 11) is 2.14. The summed E-state index contributed by atoms with van der Waals surface area (Å²) in [4.78, 5) is 28.9. The van der Waals surface area contributed by atoms with E-state index in [1.54, 1.807) is 11.2 Å². The Hall–Kier alpha value is -2.41. The van der Waals surface area contributed by atoms with Crippen molar-refractivity contribution in [2.24, 2.45) is 0 Å². The van der Waals surface area contributed by atoms with E-state index in [-0.39, 0.29) is 6.09 Å². The van der Waals surface area contributed by atoms with Gasteiger partial charge in [-0.05, 0) is 45.4 Å². The second-order valence-electron chi connectivity index (χ2n) is 8.42. The lowest BCUT2D eigenvalue weighted by molar-refractivity contribution is 0.0270. The minimum absolute atomic E-state index is 0.258. The van der Waals surface area contributed by atoms with Gasteiger partial charge in [0, 0.05) is 43.7 Å². The molecule has 2 aromatic rings. The predicted octanol–water partition coefficient (Wildman–Crippen LogP) is 2.97. The van der Waals surface area contributed by atoms with Gasteiger partial charge < -0.3 is 19.5 Å². The Kier molecular flexibility index (Phi) is 4.42. The third-order valence-electron chi connectivity index (χ3n) is 5.12. The average molecular weight is 369 g/mol. The molecule has 0 saturated carbocycles. The van der Waals surface area contributed by atoms with Crippen LogP contribution in [-0.2, 0) is 17.7 Å². The zero-order valence-corrected chi connectivity index (χ0v) is 16.5. The van der Waals surface area contributed by atoms with Crippen LogP contribution in [0.2, 0.25) is 0 Å². The van der Waals surface area contributed by atoms with Gasteiger partial charge in [0.15, 0.2) is 0 Å². The van der Waals surface area contributed by atoms with Gasteiger partial charge in [-0.3, -0.25) is 0 Å². The first kappa shape index (κ1) is 18.0. The number of nitrogens with one attached hydrogen (secondary N) is 1. The Bertz CT molecular complexity index is 909. The quantitative estimate of drug-likeness (QED) is 0.836. The summed E-state index contributed by atoms with van der Waals surface area (Å²) < 4.78 is 5.48. The summed E-state index contributed by atoms with van der Waals surface area (Å²) in [6.45, 7) is 8.81. The molecule has 2 aliphatic heterocycles. The van der Waals surface area contributed by atoms with Crippen molar-refractivity contribution in [1.29, 1.82) is 0 Å². The maximum Gasteiger partial charge on any atom is 0.410 e. The number of rotatable bonds is 1. The molecule has 7 nitrogen and oxygen atoms in total. The van der Waals surface area contributed by atoms with Gasteiger partial charge >= 0.3 is 6.09 Å². The zero-order valence-electron chi connectivity index (χ0n) is 16.5. The smallest absolute Gasteiger partial charge is 0.410 e. The molecule has 144 valence electrons. The fraction of sp³-hybridized carbons (Fsp3) is 0.550. The first-order valence-electron chi connectivity index (χ1n) is 9.52. The Morgan fingerprint density at radius 1 is 1.22 bits per heavy atom. The van der Waals surface area contributed by atoms with Crippen molar-refractivity contribution in [1.82, 2.24) is 24.8 Å². The van der Waals surface area contributed by atoms with E-state index in [9.17, 15) is 4.79 Å². The summed E-state index contributed by atoms with van der Waals surface area (Å²) >= 11 is 0. The fourth-order valence-electron chi connectivity index (χ4n) is 3.79. The zero-order chi connectivity index (χ0) is 19.2. The van der Waals surface area contributed by atoms with Crippen LogP contribution in [0.15, 0.2) is 12.4 Å². The second-order valence-corrected chi connectivity index (χ2v) is 8.42. The van der Waals surface area contributed by atoms with Gasteiger partial charge in [-0.15, -0.1) is 0 Å². The van der Waals surface area contributed by atoms with Crippen LogP contribution in [0.25, 0.3) is 16.6 Å². The van der Waals surface area contributed by atoms with E-state index in [0.717, 1.165) is 42.7 Å². The van der Waals surface area contributed by atoms with Crippen molar-refractivity contribution in [3.63, 3.8) is 0 Å². The number of amides is 1. The molecule has 0 spiro atoms. The molecule has 4 rings (SSSR count). The summed E-state index contributed by atoms with van der Waals surface area (Å²) in [5, 5.41) is 1.14. The molecular weight excluding hydrogens is 342 g/mol. The molecular formula is C20H27N5O2. The Labute approximate surface area is 159 Å². The SMILES string of the molecule is CN1CCc2[nH]c3ncnc(C4=CCN(C(=O)OC(C)(C)C)CC4)c3c2C1. The van der Waals surface area contributed by atoms with Crippen molar-refractivity contribution in [2.75, 3.05) is 26.7 Å². The first-order chi connectivity index (χ1) is 12.8. The number of carbonyl (C=O) groups is 1. The molecule has 0 radical (unpaired) electrons. The van der Waals surface area contributed by atoms with Crippen molar-refractivity contribution < 1.29 is 9.53 Å². The molecule has 0 fully saturated rings. The van der Waals surface area contributed by atoms with Gasteiger partial charge in [-0.2, -0.15) is 0 Å². The highest BCUT2D eigenvalue weighted by Gasteiger charge is 2.27. The maximum absolute atomic E-state index is 12.3. The molecule has 27 heavy (non-hydrogen) atoms. The number of aromatic amines is 1. The number of ether oxygens (including phenoxy) is 1. The molecule has 2 aliphatic rings. The van der Waals surface area contributed by atoms with Gasteiger partial charge in [0.2, 0.25) is 0 Å². The normalized spacial score (nSPS) is 18.4. The summed E-state index contributed by atoms with van der Waals surface area (Å²) in [6.07, 6.45) is 5.24. The van der Waals surface area contributed by atoms with Gasteiger partial charge in [0.05, 0.1) is 5.69 Å². The van der Waals surface area contributed by atoms with E-state index in [2.05, 4.69) is 33.0 Å². The van der Waals surface area contributed by atoms with Crippen molar-refractivity contribution in [2.45, 2.75) is 45.8 Å². The standard InChI is InChI=1S/C20H27N5O2/c1-20(2,3)27-19(26)25-9-5-13(6-10-25)17-16-14-11-24(4)8-7-15(14)23-18(16)22-12-21-17/h5,12H,6-11H2,1-4H3,(H,21,22,23). The Balaban J connectivity index is 1.62. The first-order valence-corrected chi connectivity index (χ1v) is 9.52. The number of carbonyl (C=O) groups excluding carboxylic acids is 1. The van der Waals surface area contributed by atoms with Crippen molar-refractivity contribution in [3.8, 4) is 0 Å². The number of likely N-dealkylation sites (N-methyl/N-ethyl adjacent to an activating group) is 1.